The van der Waals surface area contributed by atoms with Crippen LogP contribution in [0.2, 0.25) is 0 Å². The maximum Gasteiger partial charge on any atom is 0.143 e. The standard InChI is InChI=1S/C40H25NOS/c1-2-8-26(9-3-1)27-14-17-29(18-15-27)41(31-20-23-35-34-11-5-7-13-38(34)43-39(35)25-31)30-19-22-32-28(24-30)16-21-36-33-10-4-6-12-37(33)42-40(32)36/h1-25H. The zero-order chi connectivity index (χ0) is 28.3. The van der Waals surface area contributed by atoms with Gasteiger partial charge in [0.1, 0.15) is 11.2 Å². The molecule has 2 heterocycles. The molecule has 2 nitrogen and oxygen atoms in total. The van der Waals surface area contributed by atoms with E-state index in [2.05, 4.69) is 144 Å². The Bertz CT molecular complexity index is 2450. The van der Waals surface area contributed by atoms with Crippen LogP contribution in [0.3, 0.4) is 0 Å². The zero-order valence-electron chi connectivity index (χ0n) is 23.2. The van der Waals surface area contributed by atoms with Crippen molar-refractivity contribution in [2.75, 3.05) is 4.90 Å². The van der Waals surface area contributed by atoms with Crippen LogP contribution in [0.5, 0.6) is 0 Å². The maximum absolute atomic E-state index is 6.36. The van der Waals surface area contributed by atoms with Gasteiger partial charge < -0.3 is 9.32 Å². The fourth-order valence-electron chi connectivity index (χ4n) is 6.37. The van der Waals surface area contributed by atoms with Crippen molar-refractivity contribution in [3.05, 3.63) is 152 Å². The Morgan fingerprint density at radius 2 is 1.05 bits per heavy atom. The predicted molar refractivity (Wildman–Crippen MR) is 184 cm³/mol. The van der Waals surface area contributed by atoms with Crippen LogP contribution >= 0.6 is 11.3 Å². The van der Waals surface area contributed by atoms with Gasteiger partial charge in [0.25, 0.3) is 0 Å². The summed E-state index contributed by atoms with van der Waals surface area (Å²) in [7, 11) is 0. The second-order valence-corrected chi connectivity index (χ2v) is 12.1. The molecular weight excluding hydrogens is 543 g/mol. The van der Waals surface area contributed by atoms with Crippen molar-refractivity contribution < 1.29 is 4.42 Å². The van der Waals surface area contributed by atoms with Gasteiger partial charge in [0.05, 0.1) is 0 Å². The van der Waals surface area contributed by atoms with Crippen molar-refractivity contribution in [2.24, 2.45) is 0 Å². The predicted octanol–water partition coefficient (Wildman–Crippen LogP) is 12.2. The molecule has 0 aliphatic heterocycles. The molecule has 0 aliphatic carbocycles. The van der Waals surface area contributed by atoms with Gasteiger partial charge in [-0.15, -0.1) is 11.3 Å². The second kappa shape index (κ2) is 9.59. The Morgan fingerprint density at radius 1 is 0.419 bits per heavy atom. The van der Waals surface area contributed by atoms with Crippen LogP contribution in [0.25, 0.3) is 64.0 Å². The van der Waals surface area contributed by atoms with E-state index in [1.165, 1.54) is 31.3 Å². The number of thiophene rings is 1. The largest absolute Gasteiger partial charge is 0.455 e. The lowest BCUT2D eigenvalue weighted by Crippen LogP contribution is -2.09. The number of furan rings is 1. The highest BCUT2D eigenvalue weighted by Gasteiger charge is 2.17. The van der Waals surface area contributed by atoms with E-state index in [-0.39, 0.29) is 0 Å². The molecule has 9 aromatic rings. The topological polar surface area (TPSA) is 16.4 Å². The van der Waals surface area contributed by atoms with E-state index in [1.807, 2.05) is 23.5 Å². The van der Waals surface area contributed by atoms with Gasteiger partial charge in [0, 0.05) is 53.4 Å². The van der Waals surface area contributed by atoms with Crippen molar-refractivity contribution in [1.82, 2.24) is 0 Å². The summed E-state index contributed by atoms with van der Waals surface area (Å²) in [4.78, 5) is 2.36. The van der Waals surface area contributed by atoms with E-state index in [0.29, 0.717) is 0 Å². The van der Waals surface area contributed by atoms with Gasteiger partial charge in [-0.2, -0.15) is 0 Å². The van der Waals surface area contributed by atoms with Crippen molar-refractivity contribution in [3.8, 4) is 11.1 Å². The Kier molecular flexibility index (Phi) is 5.40. The minimum atomic E-state index is 0.922. The molecule has 0 unspecified atom stereocenters. The summed E-state index contributed by atoms with van der Waals surface area (Å²) in [6.45, 7) is 0. The molecular formula is C40H25NOS. The molecule has 0 bridgehead atoms. The molecule has 0 amide bonds. The van der Waals surface area contributed by atoms with E-state index < -0.39 is 0 Å². The summed E-state index contributed by atoms with van der Waals surface area (Å²) >= 11 is 1.85. The van der Waals surface area contributed by atoms with Crippen molar-refractivity contribution >= 4 is 81.3 Å². The molecule has 0 aliphatic rings. The number of hydrogen-bond acceptors (Lipinski definition) is 3. The molecule has 0 saturated heterocycles. The fourth-order valence-corrected chi connectivity index (χ4v) is 7.51. The number of rotatable bonds is 4. The summed E-state index contributed by atoms with van der Waals surface area (Å²) < 4.78 is 8.96. The Hall–Kier alpha value is -5.38. The van der Waals surface area contributed by atoms with Crippen LogP contribution in [0, 0.1) is 0 Å². The number of benzene rings is 7. The molecule has 7 aromatic carbocycles. The third-order valence-corrected chi connectivity index (χ3v) is 9.59. The Labute approximate surface area is 252 Å². The first-order valence-corrected chi connectivity index (χ1v) is 15.3. The molecule has 2 aromatic heterocycles. The lowest BCUT2D eigenvalue weighted by atomic mass is 10.0. The molecule has 202 valence electrons. The SMILES string of the molecule is c1ccc(-c2ccc(N(c3ccc4c(ccc5c6ccccc6oc45)c3)c3ccc4c(c3)sc3ccccc34)cc2)cc1. The molecule has 0 saturated carbocycles. The highest BCUT2D eigenvalue weighted by molar-refractivity contribution is 7.25. The molecule has 0 fully saturated rings. The highest BCUT2D eigenvalue weighted by Crippen LogP contribution is 2.42. The number of fused-ring (bicyclic) bond motifs is 8. The van der Waals surface area contributed by atoms with Crippen LogP contribution in [-0.2, 0) is 0 Å². The van der Waals surface area contributed by atoms with E-state index in [4.69, 9.17) is 4.42 Å². The van der Waals surface area contributed by atoms with Crippen molar-refractivity contribution in [1.29, 1.82) is 0 Å². The second-order valence-electron chi connectivity index (χ2n) is 11.0. The number of nitrogens with zero attached hydrogens (tertiary/aromatic N) is 1. The van der Waals surface area contributed by atoms with Crippen LogP contribution in [0.4, 0.5) is 17.1 Å². The molecule has 9 rings (SSSR count). The minimum Gasteiger partial charge on any atom is -0.455 e. The summed E-state index contributed by atoms with van der Waals surface area (Å²) in [6.07, 6.45) is 0. The third-order valence-electron chi connectivity index (χ3n) is 8.45. The van der Waals surface area contributed by atoms with Crippen LogP contribution < -0.4 is 4.90 Å². The van der Waals surface area contributed by atoms with Gasteiger partial charge in [-0.05, 0) is 77.2 Å². The Balaban J connectivity index is 1.22. The maximum atomic E-state index is 6.36. The van der Waals surface area contributed by atoms with E-state index in [1.54, 1.807) is 0 Å². The summed E-state index contributed by atoms with van der Waals surface area (Å²) in [6, 6.07) is 54.3. The highest BCUT2D eigenvalue weighted by atomic mass is 32.1. The first kappa shape index (κ1) is 24.2. The molecule has 0 atom stereocenters. The van der Waals surface area contributed by atoms with E-state index in [9.17, 15) is 0 Å². The molecule has 0 radical (unpaired) electrons. The van der Waals surface area contributed by atoms with Gasteiger partial charge in [0.2, 0.25) is 0 Å². The zero-order valence-corrected chi connectivity index (χ0v) is 24.0. The van der Waals surface area contributed by atoms with Gasteiger partial charge >= 0.3 is 0 Å². The quantitative estimate of drug-likeness (QED) is 0.210. The lowest BCUT2D eigenvalue weighted by molar-refractivity contribution is 0.672. The van der Waals surface area contributed by atoms with Gasteiger partial charge in [0.15, 0.2) is 0 Å². The van der Waals surface area contributed by atoms with Crippen molar-refractivity contribution in [3.63, 3.8) is 0 Å². The molecule has 0 N–H and O–H groups in total. The number of hydrogen-bond donors (Lipinski definition) is 0. The van der Waals surface area contributed by atoms with Gasteiger partial charge in [-0.25, -0.2) is 0 Å². The normalized spacial score (nSPS) is 11.7. The lowest BCUT2D eigenvalue weighted by Gasteiger charge is -2.26. The average molecular weight is 568 g/mol. The Morgan fingerprint density at radius 3 is 1.91 bits per heavy atom. The van der Waals surface area contributed by atoms with E-state index in [0.717, 1.165) is 49.8 Å². The minimum absolute atomic E-state index is 0.922. The smallest absolute Gasteiger partial charge is 0.143 e. The van der Waals surface area contributed by atoms with Crippen LogP contribution in [0.15, 0.2) is 156 Å². The number of para-hydroxylation sites is 1. The van der Waals surface area contributed by atoms with Gasteiger partial charge in [-0.1, -0.05) is 91.0 Å². The first-order valence-electron chi connectivity index (χ1n) is 14.5. The van der Waals surface area contributed by atoms with Crippen LogP contribution in [0.1, 0.15) is 0 Å². The molecule has 0 spiro atoms. The van der Waals surface area contributed by atoms with Crippen LogP contribution in [-0.4, -0.2) is 0 Å². The first-order chi connectivity index (χ1) is 21.3. The average Bonchev–Trinajstić information content (AvgIpc) is 3.64. The third kappa shape index (κ3) is 3.93. The van der Waals surface area contributed by atoms with Crippen molar-refractivity contribution in [2.45, 2.75) is 0 Å². The summed E-state index contributed by atoms with van der Waals surface area (Å²) in [5.41, 5.74) is 7.64. The molecule has 3 heteroatoms. The fraction of sp³-hybridized carbons (Fsp3) is 0. The monoisotopic (exact) mass is 567 g/mol. The summed E-state index contributed by atoms with van der Waals surface area (Å²) in [5.74, 6) is 0. The number of anilines is 3. The van der Waals surface area contributed by atoms with E-state index >= 15 is 0 Å². The molecule has 43 heavy (non-hydrogen) atoms. The van der Waals surface area contributed by atoms with Gasteiger partial charge in [-0.3, -0.25) is 0 Å². The summed E-state index contributed by atoms with van der Waals surface area (Å²) in [5, 5.41) is 7.19.